The molecule has 0 fully saturated rings. The molecule has 33 heavy (non-hydrogen) atoms. The van der Waals surface area contributed by atoms with E-state index in [0.29, 0.717) is 17.2 Å². The van der Waals surface area contributed by atoms with E-state index in [4.69, 9.17) is 28.8 Å². The maximum absolute atomic E-state index is 6.49. The fraction of sp³-hybridized carbons (Fsp3) is 0.269. The minimum atomic E-state index is -0.497. The average Bonchev–Trinajstić information content (AvgIpc) is 3.33. The summed E-state index contributed by atoms with van der Waals surface area (Å²) in [5.41, 5.74) is 3.92. The van der Waals surface area contributed by atoms with Crippen LogP contribution in [0.15, 0.2) is 65.8 Å². The van der Waals surface area contributed by atoms with Gasteiger partial charge in [-0.25, -0.2) is 5.01 Å². The molecule has 0 N–H and O–H groups in total. The minimum absolute atomic E-state index is 0.0268. The Bertz CT molecular complexity index is 1210. The van der Waals surface area contributed by atoms with Crippen molar-refractivity contribution in [3.8, 4) is 28.7 Å². The first-order valence-corrected chi connectivity index (χ1v) is 10.7. The molecule has 5 rings (SSSR count). The molecule has 3 aromatic carbocycles. The Morgan fingerprint density at radius 3 is 2.39 bits per heavy atom. The van der Waals surface area contributed by atoms with Gasteiger partial charge in [-0.2, -0.15) is 5.10 Å². The van der Waals surface area contributed by atoms with Gasteiger partial charge in [-0.1, -0.05) is 30.3 Å². The van der Waals surface area contributed by atoms with Crippen molar-refractivity contribution in [2.75, 3.05) is 28.4 Å². The van der Waals surface area contributed by atoms with Crippen LogP contribution in [0.25, 0.3) is 0 Å². The molecule has 0 radical (unpaired) electrons. The predicted molar refractivity (Wildman–Crippen MR) is 125 cm³/mol. The summed E-state index contributed by atoms with van der Waals surface area (Å²) in [6.07, 6.45) is 0.252. The zero-order chi connectivity index (χ0) is 22.9. The van der Waals surface area contributed by atoms with Gasteiger partial charge in [0.05, 0.1) is 45.8 Å². The fourth-order valence-electron chi connectivity index (χ4n) is 4.54. The third-order valence-corrected chi connectivity index (χ3v) is 6.10. The maximum Gasteiger partial charge on any atom is 0.217 e. The summed E-state index contributed by atoms with van der Waals surface area (Å²) in [5.74, 6) is 3.31. The third kappa shape index (κ3) is 3.50. The fourth-order valence-corrected chi connectivity index (χ4v) is 4.54. The van der Waals surface area contributed by atoms with Crippen molar-refractivity contribution in [2.24, 2.45) is 5.10 Å². The molecule has 0 aromatic heterocycles. The molecule has 2 heterocycles. The van der Waals surface area contributed by atoms with Crippen LogP contribution in [0.3, 0.4) is 0 Å². The van der Waals surface area contributed by atoms with Gasteiger partial charge in [0.15, 0.2) is 11.5 Å². The van der Waals surface area contributed by atoms with Gasteiger partial charge in [0, 0.05) is 17.5 Å². The summed E-state index contributed by atoms with van der Waals surface area (Å²) >= 11 is 0. The van der Waals surface area contributed by atoms with Gasteiger partial charge in [-0.3, -0.25) is 0 Å². The van der Waals surface area contributed by atoms with Crippen LogP contribution >= 0.6 is 0 Å². The number of rotatable bonds is 6. The molecule has 2 aliphatic rings. The second-order valence-electron chi connectivity index (χ2n) is 7.81. The molecule has 3 aromatic rings. The number of fused-ring (bicyclic) bond motifs is 3. The molecule has 170 valence electrons. The molecule has 0 aliphatic carbocycles. The Hall–Kier alpha value is -3.87. The monoisotopic (exact) mass is 446 g/mol. The molecule has 0 bridgehead atoms. The molecule has 7 heteroatoms. The summed E-state index contributed by atoms with van der Waals surface area (Å²) in [4.78, 5) is 0. The van der Waals surface area contributed by atoms with Crippen LogP contribution in [-0.2, 0) is 0 Å². The van der Waals surface area contributed by atoms with Crippen molar-refractivity contribution in [2.45, 2.75) is 18.7 Å². The molecule has 2 aliphatic heterocycles. The summed E-state index contributed by atoms with van der Waals surface area (Å²) < 4.78 is 28.8. The first-order chi connectivity index (χ1) is 16.2. The van der Waals surface area contributed by atoms with Gasteiger partial charge in [0.1, 0.15) is 11.5 Å². The molecule has 0 amide bonds. The third-order valence-electron chi connectivity index (χ3n) is 6.10. The van der Waals surface area contributed by atoms with E-state index in [1.54, 1.807) is 28.4 Å². The van der Waals surface area contributed by atoms with E-state index in [2.05, 4.69) is 12.1 Å². The number of ether oxygens (including phenoxy) is 5. The summed E-state index contributed by atoms with van der Waals surface area (Å²) in [7, 11) is 6.48. The second kappa shape index (κ2) is 8.58. The van der Waals surface area contributed by atoms with Crippen molar-refractivity contribution in [3.63, 3.8) is 0 Å². The van der Waals surface area contributed by atoms with Crippen LogP contribution < -0.4 is 23.7 Å². The average molecular weight is 447 g/mol. The van der Waals surface area contributed by atoms with Crippen molar-refractivity contribution in [1.82, 2.24) is 5.01 Å². The highest BCUT2D eigenvalue weighted by molar-refractivity contribution is 6.02. The highest BCUT2D eigenvalue weighted by Crippen LogP contribution is 2.51. The number of hydrogen-bond donors (Lipinski definition) is 0. The minimum Gasteiger partial charge on any atom is -0.497 e. The van der Waals surface area contributed by atoms with Gasteiger partial charge in [0.2, 0.25) is 12.0 Å². The van der Waals surface area contributed by atoms with E-state index in [-0.39, 0.29) is 6.04 Å². The normalized spacial score (nSPS) is 18.5. The Labute approximate surface area is 193 Å². The molecule has 0 saturated heterocycles. The number of benzene rings is 3. The molecular formula is C26H26N2O5. The highest BCUT2D eigenvalue weighted by Gasteiger charge is 2.42. The quantitative estimate of drug-likeness (QED) is 0.533. The molecular weight excluding hydrogens is 420 g/mol. The largest absolute Gasteiger partial charge is 0.497 e. The number of hydrazone groups is 1. The lowest BCUT2D eigenvalue weighted by Crippen LogP contribution is -2.34. The van der Waals surface area contributed by atoms with Crippen molar-refractivity contribution in [1.29, 1.82) is 0 Å². The van der Waals surface area contributed by atoms with E-state index in [0.717, 1.165) is 40.3 Å². The lowest BCUT2D eigenvalue weighted by atomic mass is 9.95. The summed E-state index contributed by atoms with van der Waals surface area (Å²) in [6.45, 7) is 0. The van der Waals surface area contributed by atoms with Crippen LogP contribution in [0.1, 0.15) is 35.4 Å². The van der Waals surface area contributed by atoms with E-state index in [9.17, 15) is 0 Å². The Kier molecular flexibility index (Phi) is 5.46. The number of nitrogens with zero attached hydrogens (tertiary/aromatic N) is 2. The van der Waals surface area contributed by atoms with Crippen LogP contribution in [0, 0.1) is 0 Å². The molecule has 0 unspecified atom stereocenters. The van der Waals surface area contributed by atoms with Crippen LogP contribution in [0.5, 0.6) is 28.7 Å². The number of methoxy groups -OCH3 is 4. The molecule has 7 nitrogen and oxygen atoms in total. The van der Waals surface area contributed by atoms with Crippen LogP contribution in [-0.4, -0.2) is 39.2 Å². The van der Waals surface area contributed by atoms with Gasteiger partial charge >= 0.3 is 0 Å². The van der Waals surface area contributed by atoms with Crippen molar-refractivity contribution >= 4 is 5.71 Å². The zero-order valence-electron chi connectivity index (χ0n) is 19.1. The predicted octanol–water partition coefficient (Wildman–Crippen LogP) is 4.96. The highest BCUT2D eigenvalue weighted by atomic mass is 16.5. The van der Waals surface area contributed by atoms with E-state index in [1.807, 2.05) is 53.5 Å². The standard InChI is InChI=1S/C26H26N2O5/c1-29-17-9-7-8-16(14-17)20-15-21-18-10-5-6-11-22(18)33-26(28(21)27-20)19-12-13-23(30-2)25(32-4)24(19)31-3/h5-14,21,26H,15H2,1-4H3/t21-,26-/m1/s1. The topological polar surface area (TPSA) is 61.8 Å². The van der Waals surface area contributed by atoms with Crippen molar-refractivity contribution < 1.29 is 23.7 Å². The smallest absolute Gasteiger partial charge is 0.217 e. The molecule has 0 spiro atoms. The first kappa shape index (κ1) is 21.0. The van der Waals surface area contributed by atoms with Gasteiger partial charge in [-0.05, 0) is 30.3 Å². The van der Waals surface area contributed by atoms with E-state index >= 15 is 0 Å². The lowest BCUT2D eigenvalue weighted by molar-refractivity contribution is -0.0205. The number of para-hydroxylation sites is 1. The Balaban J connectivity index is 1.63. The summed E-state index contributed by atoms with van der Waals surface area (Å²) in [5, 5.41) is 7.04. The SMILES string of the molecule is COc1cccc(C2=NN3[C@H](C2)c2ccccc2O[C@@H]3c2ccc(OC)c(OC)c2OC)c1. The molecule has 0 saturated carbocycles. The Morgan fingerprint density at radius 1 is 0.818 bits per heavy atom. The van der Waals surface area contributed by atoms with Crippen LogP contribution in [0.2, 0.25) is 0 Å². The van der Waals surface area contributed by atoms with Gasteiger partial charge in [-0.15, -0.1) is 0 Å². The lowest BCUT2D eigenvalue weighted by Gasteiger charge is -2.38. The molecule has 2 atom stereocenters. The summed E-state index contributed by atoms with van der Waals surface area (Å²) in [6, 6.07) is 19.9. The van der Waals surface area contributed by atoms with Crippen LogP contribution in [0.4, 0.5) is 0 Å². The van der Waals surface area contributed by atoms with Gasteiger partial charge < -0.3 is 23.7 Å². The second-order valence-corrected chi connectivity index (χ2v) is 7.81. The first-order valence-electron chi connectivity index (χ1n) is 10.7. The number of hydrogen-bond acceptors (Lipinski definition) is 7. The Morgan fingerprint density at radius 2 is 1.64 bits per heavy atom. The zero-order valence-corrected chi connectivity index (χ0v) is 19.1. The van der Waals surface area contributed by atoms with Crippen molar-refractivity contribution in [3.05, 3.63) is 77.4 Å². The van der Waals surface area contributed by atoms with E-state index in [1.165, 1.54) is 0 Å². The maximum atomic E-state index is 6.49. The van der Waals surface area contributed by atoms with E-state index < -0.39 is 6.23 Å². The van der Waals surface area contributed by atoms with Gasteiger partial charge in [0.25, 0.3) is 0 Å².